The fourth-order valence-electron chi connectivity index (χ4n) is 3.40. The van der Waals surface area contributed by atoms with Crippen LogP contribution in [0.1, 0.15) is 12.8 Å². The fraction of sp³-hybridized carbons (Fsp3) is 0.350. The number of rotatable bonds is 5. The molecule has 0 spiro atoms. The van der Waals surface area contributed by atoms with Gasteiger partial charge in [-0.15, -0.1) is 0 Å². The highest BCUT2D eigenvalue weighted by Crippen LogP contribution is 2.32. The third-order valence-electron chi connectivity index (χ3n) is 4.88. The van der Waals surface area contributed by atoms with Crippen LogP contribution in [-0.2, 0) is 4.79 Å². The number of carbonyl (C=O) groups is 1. The third-order valence-corrected chi connectivity index (χ3v) is 5.92. The Balaban J connectivity index is 1.47. The zero-order valence-corrected chi connectivity index (χ0v) is 16.7. The van der Waals surface area contributed by atoms with E-state index in [4.69, 9.17) is 9.47 Å². The maximum Gasteiger partial charge on any atom is 0.229 e. The zero-order valence-electron chi connectivity index (χ0n) is 15.8. The molecule has 28 heavy (non-hydrogen) atoms. The Labute approximate surface area is 167 Å². The minimum absolute atomic E-state index is 0.00703. The Hall–Kier alpha value is -2.87. The van der Waals surface area contributed by atoms with Gasteiger partial charge in [0.05, 0.1) is 25.8 Å². The van der Waals surface area contributed by atoms with Gasteiger partial charge in [-0.3, -0.25) is 4.79 Å². The van der Waals surface area contributed by atoms with Crippen LogP contribution in [0.3, 0.4) is 0 Å². The number of piperidine rings is 1. The second kappa shape index (κ2) is 8.02. The Bertz CT molecular complexity index is 957. The van der Waals surface area contributed by atoms with Crippen LogP contribution >= 0.6 is 11.3 Å². The summed E-state index contributed by atoms with van der Waals surface area (Å²) in [4.78, 5) is 25.0. The van der Waals surface area contributed by atoms with E-state index < -0.39 is 0 Å². The molecule has 4 rings (SSSR count). The van der Waals surface area contributed by atoms with Crippen molar-refractivity contribution in [2.24, 2.45) is 5.92 Å². The number of pyridine rings is 1. The molecule has 3 heterocycles. The predicted molar refractivity (Wildman–Crippen MR) is 111 cm³/mol. The summed E-state index contributed by atoms with van der Waals surface area (Å²) in [6.07, 6.45) is 3.57. The van der Waals surface area contributed by atoms with E-state index >= 15 is 0 Å². The van der Waals surface area contributed by atoms with E-state index in [9.17, 15) is 4.79 Å². The topological polar surface area (TPSA) is 76.6 Å². The molecule has 1 aliphatic rings. The van der Waals surface area contributed by atoms with Crippen molar-refractivity contribution in [3.63, 3.8) is 0 Å². The number of nitrogens with zero attached hydrogens (tertiary/aromatic N) is 3. The van der Waals surface area contributed by atoms with Gasteiger partial charge in [-0.2, -0.15) is 0 Å². The lowest BCUT2D eigenvalue weighted by atomic mass is 9.97. The average molecular weight is 398 g/mol. The standard InChI is InChI=1S/C20H22N4O3S/c1-26-14-7-8-15(17(11-14)27-2)22-18(25)13-5-4-10-24(12-13)20-23-16-6-3-9-21-19(16)28-20/h3,6-9,11,13H,4-5,10,12H2,1-2H3,(H,22,25)/t13-/m0/s1. The van der Waals surface area contributed by atoms with Crippen molar-refractivity contribution < 1.29 is 14.3 Å². The first-order chi connectivity index (χ1) is 13.7. The van der Waals surface area contributed by atoms with Gasteiger partial charge in [0.1, 0.15) is 21.8 Å². The average Bonchev–Trinajstić information content (AvgIpc) is 3.18. The van der Waals surface area contributed by atoms with Gasteiger partial charge in [0.15, 0.2) is 5.13 Å². The molecule has 1 N–H and O–H groups in total. The van der Waals surface area contributed by atoms with Crippen molar-refractivity contribution in [2.45, 2.75) is 12.8 Å². The number of methoxy groups -OCH3 is 2. The van der Waals surface area contributed by atoms with E-state index in [2.05, 4.69) is 20.2 Å². The van der Waals surface area contributed by atoms with E-state index in [0.29, 0.717) is 23.7 Å². The molecule has 1 atom stereocenters. The summed E-state index contributed by atoms with van der Waals surface area (Å²) in [7, 11) is 3.18. The highest BCUT2D eigenvalue weighted by atomic mass is 32.1. The molecule has 0 unspecified atom stereocenters. The van der Waals surface area contributed by atoms with Gasteiger partial charge >= 0.3 is 0 Å². The Morgan fingerprint density at radius 2 is 2.18 bits per heavy atom. The monoisotopic (exact) mass is 398 g/mol. The van der Waals surface area contributed by atoms with Gasteiger partial charge in [0, 0.05) is 25.4 Å². The number of thiazole rings is 1. The van der Waals surface area contributed by atoms with Crippen LogP contribution in [0.25, 0.3) is 10.3 Å². The molecule has 1 aromatic carbocycles. The van der Waals surface area contributed by atoms with E-state index in [1.54, 1.807) is 50.0 Å². The summed E-state index contributed by atoms with van der Waals surface area (Å²) >= 11 is 1.57. The highest BCUT2D eigenvalue weighted by Gasteiger charge is 2.28. The molecule has 0 saturated carbocycles. The molecular weight excluding hydrogens is 376 g/mol. The van der Waals surface area contributed by atoms with Crippen LogP contribution in [-0.4, -0.2) is 43.2 Å². The van der Waals surface area contributed by atoms with Crippen molar-refractivity contribution in [3.05, 3.63) is 36.5 Å². The van der Waals surface area contributed by atoms with Gasteiger partial charge in [0.25, 0.3) is 0 Å². The maximum absolute atomic E-state index is 12.9. The summed E-state index contributed by atoms with van der Waals surface area (Å²) in [5.74, 6) is 1.15. The number of fused-ring (bicyclic) bond motifs is 1. The van der Waals surface area contributed by atoms with Crippen molar-refractivity contribution in [1.29, 1.82) is 0 Å². The molecule has 1 fully saturated rings. The van der Waals surface area contributed by atoms with Crippen molar-refractivity contribution in [2.75, 3.05) is 37.5 Å². The minimum Gasteiger partial charge on any atom is -0.497 e. The molecule has 1 aliphatic heterocycles. The SMILES string of the molecule is COc1ccc(NC(=O)[C@H]2CCCN(c3nc4cccnc4s3)C2)c(OC)c1. The van der Waals surface area contributed by atoms with Gasteiger partial charge in [0.2, 0.25) is 5.91 Å². The number of hydrogen-bond donors (Lipinski definition) is 1. The molecule has 0 bridgehead atoms. The van der Waals surface area contributed by atoms with Gasteiger partial charge in [-0.1, -0.05) is 11.3 Å². The summed E-state index contributed by atoms with van der Waals surface area (Å²) in [6, 6.07) is 9.22. The summed E-state index contributed by atoms with van der Waals surface area (Å²) in [6.45, 7) is 1.54. The molecule has 0 radical (unpaired) electrons. The van der Waals surface area contributed by atoms with E-state index in [0.717, 1.165) is 34.9 Å². The molecule has 2 aromatic heterocycles. The number of aromatic nitrogens is 2. The molecule has 1 saturated heterocycles. The van der Waals surface area contributed by atoms with E-state index in [1.165, 1.54) is 0 Å². The number of ether oxygens (including phenoxy) is 2. The summed E-state index contributed by atoms with van der Waals surface area (Å²) in [5, 5.41) is 3.93. The first-order valence-corrected chi connectivity index (χ1v) is 9.99. The van der Waals surface area contributed by atoms with Gasteiger partial charge < -0.3 is 19.7 Å². The summed E-state index contributed by atoms with van der Waals surface area (Å²) in [5.41, 5.74) is 1.55. The molecule has 0 aliphatic carbocycles. The summed E-state index contributed by atoms with van der Waals surface area (Å²) < 4.78 is 10.6. The molecule has 3 aromatic rings. The van der Waals surface area contributed by atoms with E-state index in [-0.39, 0.29) is 11.8 Å². The van der Waals surface area contributed by atoms with Crippen molar-refractivity contribution in [3.8, 4) is 11.5 Å². The first-order valence-electron chi connectivity index (χ1n) is 9.17. The van der Waals surface area contributed by atoms with Crippen LogP contribution in [0.2, 0.25) is 0 Å². The number of hydrogen-bond acceptors (Lipinski definition) is 7. The fourth-order valence-corrected chi connectivity index (χ4v) is 4.34. The number of anilines is 2. The Kier molecular flexibility index (Phi) is 5.29. The number of amides is 1. The maximum atomic E-state index is 12.9. The number of benzene rings is 1. The Morgan fingerprint density at radius 3 is 2.96 bits per heavy atom. The zero-order chi connectivity index (χ0) is 19.5. The van der Waals surface area contributed by atoms with Gasteiger partial charge in [-0.25, -0.2) is 9.97 Å². The smallest absolute Gasteiger partial charge is 0.229 e. The first kappa shape index (κ1) is 18.5. The lowest BCUT2D eigenvalue weighted by Crippen LogP contribution is -2.40. The van der Waals surface area contributed by atoms with Crippen molar-refractivity contribution >= 4 is 38.4 Å². The highest BCUT2D eigenvalue weighted by molar-refractivity contribution is 7.21. The molecule has 8 heteroatoms. The molecule has 146 valence electrons. The normalized spacial score (nSPS) is 16.8. The third kappa shape index (κ3) is 3.73. The second-order valence-corrected chi connectivity index (χ2v) is 7.62. The van der Waals surface area contributed by atoms with Crippen molar-refractivity contribution in [1.82, 2.24) is 9.97 Å². The largest absolute Gasteiger partial charge is 0.497 e. The van der Waals surface area contributed by atoms with Gasteiger partial charge in [-0.05, 0) is 37.1 Å². The predicted octanol–water partition coefficient (Wildman–Crippen LogP) is 3.56. The Morgan fingerprint density at radius 1 is 1.29 bits per heavy atom. The molecule has 1 amide bonds. The number of carbonyl (C=O) groups excluding carboxylic acids is 1. The molecule has 7 nitrogen and oxygen atoms in total. The lowest BCUT2D eigenvalue weighted by Gasteiger charge is -2.31. The van der Waals surface area contributed by atoms with Crippen LogP contribution in [0, 0.1) is 5.92 Å². The van der Waals surface area contributed by atoms with Crippen LogP contribution in [0.4, 0.5) is 10.8 Å². The van der Waals surface area contributed by atoms with E-state index in [1.807, 2.05) is 12.1 Å². The van der Waals surface area contributed by atoms with Crippen LogP contribution in [0.5, 0.6) is 11.5 Å². The second-order valence-electron chi connectivity index (χ2n) is 6.66. The number of nitrogens with one attached hydrogen (secondary N) is 1. The lowest BCUT2D eigenvalue weighted by molar-refractivity contribution is -0.120. The van der Waals surface area contributed by atoms with Crippen LogP contribution < -0.4 is 19.7 Å². The minimum atomic E-state index is -0.111. The molecular formula is C20H22N4O3S. The quantitative estimate of drug-likeness (QED) is 0.708. The van der Waals surface area contributed by atoms with Crippen LogP contribution in [0.15, 0.2) is 36.5 Å².